The number of thioether (sulfide) groups is 2. The van der Waals surface area contributed by atoms with E-state index >= 15 is 0 Å². The largest absolute Gasteiger partial charge is 0.339 e. The molecule has 3 nitrogen and oxygen atoms in total. The number of nitrogens with zero attached hydrogens (tertiary/aromatic N) is 3. The van der Waals surface area contributed by atoms with Crippen molar-refractivity contribution < 1.29 is 0 Å². The molecule has 0 N–H and O–H groups in total. The van der Waals surface area contributed by atoms with Gasteiger partial charge in [0.15, 0.2) is 0 Å². The molecule has 2 aromatic heterocycles. The van der Waals surface area contributed by atoms with Crippen LogP contribution in [0.2, 0.25) is 5.02 Å². The van der Waals surface area contributed by atoms with E-state index in [-0.39, 0.29) is 5.41 Å². The van der Waals surface area contributed by atoms with E-state index in [1.807, 2.05) is 47.9 Å². The second-order valence-electron chi connectivity index (χ2n) is 11.9. The minimum atomic E-state index is -0.117. The van der Waals surface area contributed by atoms with Crippen molar-refractivity contribution in [2.24, 2.45) is 5.41 Å². The monoisotopic (exact) mass is 607 g/mol. The SMILES string of the molecule is CC1Cc2c(SCc3ccc(-c4ccccc4)cn3)ccc3c2c(c(CC(C)(C)CC#N)n3Cc2ccc(Cl)cc2)S1. The standard InChI is InChI=1S/C36H34ClN3S2/c1-24-19-30-33(41-23-29-14-11-27(21-39-29)26-7-5-4-6-8-26)16-15-31-34(30)35(42-24)32(20-36(2,3)17-18-38)40(31)22-25-9-12-28(37)13-10-25/h4-16,21,24H,17,19-20,22-23H2,1-3H3. The fraction of sp³-hybridized carbons (Fsp3) is 0.278. The van der Waals surface area contributed by atoms with Crippen LogP contribution < -0.4 is 0 Å². The van der Waals surface area contributed by atoms with E-state index in [1.54, 1.807) is 0 Å². The Bertz CT molecular complexity index is 1750. The first-order chi connectivity index (χ1) is 20.3. The van der Waals surface area contributed by atoms with Crippen molar-refractivity contribution in [1.29, 1.82) is 5.26 Å². The molecule has 6 rings (SSSR count). The third-order valence-electron chi connectivity index (χ3n) is 7.93. The lowest BCUT2D eigenvalue weighted by Gasteiger charge is -2.25. The van der Waals surface area contributed by atoms with E-state index in [4.69, 9.17) is 16.6 Å². The van der Waals surface area contributed by atoms with Gasteiger partial charge >= 0.3 is 0 Å². The van der Waals surface area contributed by atoms with Crippen molar-refractivity contribution in [1.82, 2.24) is 9.55 Å². The smallest absolute Gasteiger partial charge is 0.0627 e. The molecule has 0 amide bonds. The summed E-state index contributed by atoms with van der Waals surface area (Å²) in [7, 11) is 0. The molecule has 1 unspecified atom stereocenters. The summed E-state index contributed by atoms with van der Waals surface area (Å²) in [4.78, 5) is 7.54. The third-order valence-corrected chi connectivity index (χ3v) is 10.6. The van der Waals surface area contributed by atoms with E-state index in [9.17, 15) is 5.26 Å². The molecular formula is C36H34ClN3S2. The number of halogens is 1. The van der Waals surface area contributed by atoms with E-state index in [0.717, 1.165) is 41.4 Å². The molecule has 212 valence electrons. The zero-order chi connectivity index (χ0) is 29.3. The summed E-state index contributed by atoms with van der Waals surface area (Å²) in [5.41, 5.74) is 8.61. The molecule has 0 saturated heterocycles. The number of nitriles is 1. The highest BCUT2D eigenvalue weighted by Crippen LogP contribution is 2.48. The lowest BCUT2D eigenvalue weighted by atomic mass is 9.85. The summed E-state index contributed by atoms with van der Waals surface area (Å²) in [6.45, 7) is 7.54. The van der Waals surface area contributed by atoms with Crippen LogP contribution in [0.1, 0.15) is 49.7 Å². The van der Waals surface area contributed by atoms with Gasteiger partial charge in [-0.2, -0.15) is 5.26 Å². The van der Waals surface area contributed by atoms with Crippen LogP contribution in [0.25, 0.3) is 22.0 Å². The third kappa shape index (κ3) is 6.13. The van der Waals surface area contributed by atoms with Crippen molar-refractivity contribution >= 4 is 46.0 Å². The number of hydrogen-bond donors (Lipinski definition) is 0. The van der Waals surface area contributed by atoms with Gasteiger partial charge in [0.1, 0.15) is 0 Å². The molecule has 1 atom stereocenters. The van der Waals surface area contributed by atoms with E-state index < -0.39 is 0 Å². The summed E-state index contributed by atoms with van der Waals surface area (Å²) in [6.07, 6.45) is 4.42. The van der Waals surface area contributed by atoms with Crippen molar-refractivity contribution in [3.63, 3.8) is 0 Å². The van der Waals surface area contributed by atoms with Gasteiger partial charge in [0.25, 0.3) is 0 Å². The van der Waals surface area contributed by atoms with Crippen molar-refractivity contribution in [2.75, 3.05) is 0 Å². The van der Waals surface area contributed by atoms with Crippen molar-refractivity contribution in [2.45, 2.75) is 67.4 Å². The predicted octanol–water partition coefficient (Wildman–Crippen LogP) is 10.2. The molecule has 5 aromatic rings. The van der Waals surface area contributed by atoms with Crippen LogP contribution in [0.5, 0.6) is 0 Å². The van der Waals surface area contributed by atoms with Gasteiger partial charge in [0.2, 0.25) is 0 Å². The molecule has 3 heterocycles. The quantitative estimate of drug-likeness (QED) is 0.156. The molecular weight excluding hydrogens is 574 g/mol. The molecule has 1 aliphatic rings. The van der Waals surface area contributed by atoms with E-state index in [2.05, 4.69) is 92.1 Å². The van der Waals surface area contributed by atoms with Crippen LogP contribution in [-0.2, 0) is 25.1 Å². The second kappa shape index (κ2) is 12.2. The van der Waals surface area contributed by atoms with E-state index in [0.29, 0.717) is 11.7 Å². The summed E-state index contributed by atoms with van der Waals surface area (Å²) >= 11 is 10.1. The molecule has 0 spiro atoms. The first kappa shape index (κ1) is 28.9. The topological polar surface area (TPSA) is 41.6 Å². The Morgan fingerprint density at radius 2 is 1.81 bits per heavy atom. The Hall–Kier alpha value is -3.17. The summed E-state index contributed by atoms with van der Waals surface area (Å²) in [5, 5.41) is 12.2. The number of pyridine rings is 1. The number of aromatic nitrogens is 2. The molecule has 3 aromatic carbocycles. The van der Waals surface area contributed by atoms with Crippen molar-refractivity contribution in [3.05, 3.63) is 113 Å². The minimum Gasteiger partial charge on any atom is -0.339 e. The summed E-state index contributed by atoms with van der Waals surface area (Å²) in [5.74, 6) is 0.831. The van der Waals surface area contributed by atoms with Gasteiger partial charge in [-0.05, 0) is 65.3 Å². The van der Waals surface area contributed by atoms with Crippen LogP contribution in [-0.4, -0.2) is 14.8 Å². The molecule has 0 aliphatic carbocycles. The van der Waals surface area contributed by atoms with Gasteiger partial charge in [0, 0.05) is 61.6 Å². The molecule has 42 heavy (non-hydrogen) atoms. The summed E-state index contributed by atoms with van der Waals surface area (Å²) in [6, 6.07) is 30.0. The van der Waals surface area contributed by atoms with Gasteiger partial charge in [-0.1, -0.05) is 80.9 Å². The highest BCUT2D eigenvalue weighted by atomic mass is 35.5. The van der Waals surface area contributed by atoms with Crippen LogP contribution >= 0.6 is 35.1 Å². The fourth-order valence-electron chi connectivity index (χ4n) is 5.82. The molecule has 6 heteroatoms. The highest BCUT2D eigenvalue weighted by molar-refractivity contribution is 8.00. The average molecular weight is 608 g/mol. The highest BCUT2D eigenvalue weighted by Gasteiger charge is 2.31. The van der Waals surface area contributed by atoms with Gasteiger partial charge in [-0.3, -0.25) is 4.98 Å². The second-order valence-corrected chi connectivity index (χ2v) is 14.8. The zero-order valence-corrected chi connectivity index (χ0v) is 26.6. The fourth-order valence-corrected chi connectivity index (χ4v) is 8.26. The predicted molar refractivity (Wildman–Crippen MR) is 178 cm³/mol. The van der Waals surface area contributed by atoms with Crippen LogP contribution in [0.15, 0.2) is 94.9 Å². The average Bonchev–Trinajstić information content (AvgIpc) is 3.26. The normalized spacial score (nSPS) is 14.7. The van der Waals surface area contributed by atoms with Gasteiger partial charge in [-0.25, -0.2) is 0 Å². The zero-order valence-electron chi connectivity index (χ0n) is 24.2. The Kier molecular flexibility index (Phi) is 8.41. The number of hydrogen-bond acceptors (Lipinski definition) is 4. The van der Waals surface area contributed by atoms with Crippen LogP contribution in [0.4, 0.5) is 0 Å². The van der Waals surface area contributed by atoms with Gasteiger partial charge < -0.3 is 4.57 Å². The Morgan fingerprint density at radius 1 is 1.02 bits per heavy atom. The first-order valence-corrected chi connectivity index (χ1v) is 16.6. The van der Waals surface area contributed by atoms with Crippen molar-refractivity contribution in [3.8, 4) is 17.2 Å². The number of rotatable bonds is 9. The maximum Gasteiger partial charge on any atom is 0.0627 e. The van der Waals surface area contributed by atoms with Crippen LogP contribution in [0.3, 0.4) is 0 Å². The van der Waals surface area contributed by atoms with Gasteiger partial charge in [0.05, 0.1) is 17.3 Å². The number of benzene rings is 3. The van der Waals surface area contributed by atoms with Crippen LogP contribution in [0, 0.1) is 16.7 Å². The van der Waals surface area contributed by atoms with E-state index in [1.165, 1.54) is 43.1 Å². The molecule has 0 saturated carbocycles. The molecule has 1 aliphatic heterocycles. The lowest BCUT2D eigenvalue weighted by Crippen LogP contribution is -2.18. The molecule has 0 radical (unpaired) electrons. The lowest BCUT2D eigenvalue weighted by molar-refractivity contribution is 0.361. The Labute approximate surface area is 262 Å². The first-order valence-electron chi connectivity index (χ1n) is 14.4. The van der Waals surface area contributed by atoms with Gasteiger partial charge in [-0.15, -0.1) is 23.5 Å². The Morgan fingerprint density at radius 3 is 2.52 bits per heavy atom. The maximum absolute atomic E-state index is 9.55. The molecule has 0 bridgehead atoms. The maximum atomic E-state index is 9.55. The summed E-state index contributed by atoms with van der Waals surface area (Å²) < 4.78 is 2.50. The molecule has 0 fully saturated rings. The minimum absolute atomic E-state index is 0.117. The Balaban J connectivity index is 1.37.